The molecule has 1 saturated carbocycles. The van der Waals surface area contributed by atoms with E-state index in [4.69, 9.17) is 5.73 Å². The van der Waals surface area contributed by atoms with Crippen molar-refractivity contribution in [2.45, 2.75) is 44.6 Å². The third kappa shape index (κ3) is 5.37. The topological polar surface area (TPSA) is 84.2 Å². The van der Waals surface area contributed by atoms with Gasteiger partial charge in [-0.15, -0.1) is 0 Å². The summed E-state index contributed by atoms with van der Waals surface area (Å²) in [5, 5.41) is 5.18. The molecular weight excluding hydrogens is 194 g/mol. The zero-order valence-electron chi connectivity index (χ0n) is 8.92. The van der Waals surface area contributed by atoms with E-state index in [9.17, 15) is 9.59 Å². The highest BCUT2D eigenvalue weighted by Gasteiger charge is 2.13. The zero-order chi connectivity index (χ0) is 11.1. The molecule has 0 unspecified atom stereocenters. The van der Waals surface area contributed by atoms with Crippen LogP contribution in [0, 0.1) is 0 Å². The van der Waals surface area contributed by atoms with Crippen LogP contribution in [-0.4, -0.2) is 24.5 Å². The Kier molecular flexibility index (Phi) is 5.10. The average molecular weight is 213 g/mol. The van der Waals surface area contributed by atoms with E-state index in [1.165, 1.54) is 25.7 Å². The van der Waals surface area contributed by atoms with Crippen molar-refractivity contribution in [3.8, 4) is 0 Å². The van der Waals surface area contributed by atoms with Crippen molar-refractivity contribution < 1.29 is 9.59 Å². The van der Waals surface area contributed by atoms with Crippen LogP contribution in [0.1, 0.15) is 38.5 Å². The van der Waals surface area contributed by atoms with Crippen molar-refractivity contribution in [1.29, 1.82) is 0 Å². The Bertz CT molecular complexity index is 223. The van der Waals surface area contributed by atoms with Gasteiger partial charge in [-0.1, -0.05) is 25.7 Å². The fraction of sp³-hybridized carbons (Fsp3) is 0.800. The standard InChI is InChI=1S/C10H19N3O2/c11-10(15)13-9(14)7-12-8-5-3-1-2-4-6-8/h8,12H,1-7H2,(H3,11,13,14,15). The van der Waals surface area contributed by atoms with Gasteiger partial charge in [0, 0.05) is 6.04 Å². The summed E-state index contributed by atoms with van der Waals surface area (Å²) in [6.45, 7) is 0.174. The Labute approximate surface area is 89.8 Å². The second-order valence-electron chi connectivity index (χ2n) is 3.98. The highest BCUT2D eigenvalue weighted by Crippen LogP contribution is 2.16. The van der Waals surface area contributed by atoms with Gasteiger partial charge in [-0.3, -0.25) is 10.1 Å². The molecule has 1 aliphatic rings. The molecule has 0 aromatic heterocycles. The zero-order valence-corrected chi connectivity index (χ0v) is 8.92. The van der Waals surface area contributed by atoms with Gasteiger partial charge in [0.2, 0.25) is 5.91 Å². The van der Waals surface area contributed by atoms with Crippen LogP contribution in [0.2, 0.25) is 0 Å². The number of imide groups is 1. The van der Waals surface area contributed by atoms with Gasteiger partial charge in [-0.2, -0.15) is 0 Å². The molecule has 3 amide bonds. The Balaban J connectivity index is 2.17. The van der Waals surface area contributed by atoms with E-state index >= 15 is 0 Å². The van der Waals surface area contributed by atoms with E-state index in [1.807, 2.05) is 5.32 Å². The second kappa shape index (κ2) is 6.40. The van der Waals surface area contributed by atoms with E-state index in [-0.39, 0.29) is 12.5 Å². The Morgan fingerprint density at radius 1 is 1.13 bits per heavy atom. The van der Waals surface area contributed by atoms with Crippen molar-refractivity contribution in [3.05, 3.63) is 0 Å². The third-order valence-corrected chi connectivity index (χ3v) is 2.67. The molecular formula is C10H19N3O2. The fourth-order valence-corrected chi connectivity index (χ4v) is 1.90. The number of nitrogens with two attached hydrogens (primary N) is 1. The fourth-order valence-electron chi connectivity index (χ4n) is 1.90. The lowest BCUT2D eigenvalue weighted by Crippen LogP contribution is -2.43. The maximum atomic E-state index is 11.1. The number of nitrogens with one attached hydrogen (secondary N) is 2. The van der Waals surface area contributed by atoms with Crippen LogP contribution < -0.4 is 16.4 Å². The van der Waals surface area contributed by atoms with Crippen molar-refractivity contribution >= 4 is 11.9 Å². The minimum atomic E-state index is -0.789. The van der Waals surface area contributed by atoms with Gasteiger partial charge < -0.3 is 11.1 Å². The maximum Gasteiger partial charge on any atom is 0.318 e. The summed E-state index contributed by atoms with van der Waals surface area (Å²) in [5.74, 6) is -0.355. The molecule has 4 N–H and O–H groups in total. The molecule has 1 aliphatic carbocycles. The molecule has 15 heavy (non-hydrogen) atoms. The van der Waals surface area contributed by atoms with Gasteiger partial charge in [0.1, 0.15) is 0 Å². The molecule has 0 spiro atoms. The van der Waals surface area contributed by atoms with E-state index in [0.29, 0.717) is 6.04 Å². The summed E-state index contributed by atoms with van der Waals surface area (Å²) in [4.78, 5) is 21.5. The normalized spacial score (nSPS) is 18.1. The van der Waals surface area contributed by atoms with Gasteiger partial charge in [0.05, 0.1) is 6.54 Å². The molecule has 0 atom stereocenters. The van der Waals surface area contributed by atoms with Crippen molar-refractivity contribution in [1.82, 2.24) is 10.6 Å². The number of carbonyl (C=O) groups is 2. The highest BCUT2D eigenvalue weighted by molar-refractivity contribution is 5.94. The number of primary amides is 1. The molecule has 0 radical (unpaired) electrons. The van der Waals surface area contributed by atoms with Crippen LogP contribution >= 0.6 is 0 Å². The van der Waals surface area contributed by atoms with Gasteiger partial charge in [-0.05, 0) is 12.8 Å². The molecule has 5 heteroatoms. The molecule has 0 aromatic rings. The third-order valence-electron chi connectivity index (χ3n) is 2.67. The monoisotopic (exact) mass is 213 g/mol. The van der Waals surface area contributed by atoms with Crippen LogP contribution in [0.15, 0.2) is 0 Å². The van der Waals surface area contributed by atoms with Gasteiger partial charge in [-0.25, -0.2) is 4.79 Å². The SMILES string of the molecule is NC(=O)NC(=O)CNC1CCCCCC1. The van der Waals surface area contributed by atoms with E-state index in [1.54, 1.807) is 0 Å². The second-order valence-corrected chi connectivity index (χ2v) is 3.98. The summed E-state index contributed by atoms with van der Waals surface area (Å²) in [6.07, 6.45) is 7.23. The Hall–Kier alpha value is -1.10. The predicted octanol–water partition coefficient (Wildman–Crippen LogP) is 0.494. The van der Waals surface area contributed by atoms with E-state index in [0.717, 1.165) is 12.8 Å². The number of hydrogen-bond donors (Lipinski definition) is 3. The molecule has 1 fully saturated rings. The summed E-state index contributed by atoms with van der Waals surface area (Å²) in [5.41, 5.74) is 4.83. The highest BCUT2D eigenvalue weighted by atomic mass is 16.2. The first-order valence-corrected chi connectivity index (χ1v) is 5.51. The van der Waals surface area contributed by atoms with Gasteiger partial charge in [0.15, 0.2) is 0 Å². The Morgan fingerprint density at radius 3 is 2.27 bits per heavy atom. The van der Waals surface area contributed by atoms with Crippen LogP contribution in [0.4, 0.5) is 4.79 Å². The van der Waals surface area contributed by atoms with Gasteiger partial charge >= 0.3 is 6.03 Å². The number of amides is 3. The molecule has 0 bridgehead atoms. The maximum absolute atomic E-state index is 11.1. The first kappa shape index (κ1) is 12.0. The first-order valence-electron chi connectivity index (χ1n) is 5.51. The first-order chi connectivity index (χ1) is 7.18. The molecule has 5 nitrogen and oxygen atoms in total. The van der Waals surface area contributed by atoms with Gasteiger partial charge in [0.25, 0.3) is 0 Å². The average Bonchev–Trinajstić information content (AvgIpc) is 2.41. The number of urea groups is 1. The lowest BCUT2D eigenvalue weighted by molar-refractivity contribution is -0.119. The minimum absolute atomic E-state index is 0.174. The molecule has 86 valence electrons. The van der Waals surface area contributed by atoms with E-state index in [2.05, 4.69) is 5.32 Å². The number of hydrogen-bond acceptors (Lipinski definition) is 3. The van der Waals surface area contributed by atoms with Crippen LogP contribution in [0.25, 0.3) is 0 Å². The van der Waals surface area contributed by atoms with E-state index < -0.39 is 6.03 Å². The Morgan fingerprint density at radius 2 is 1.73 bits per heavy atom. The minimum Gasteiger partial charge on any atom is -0.351 e. The molecule has 0 heterocycles. The van der Waals surface area contributed by atoms with Crippen LogP contribution in [-0.2, 0) is 4.79 Å². The summed E-state index contributed by atoms with van der Waals surface area (Å²) in [7, 11) is 0. The molecule has 1 rings (SSSR count). The quantitative estimate of drug-likeness (QED) is 0.597. The molecule has 0 saturated heterocycles. The number of carbonyl (C=O) groups excluding carboxylic acids is 2. The smallest absolute Gasteiger partial charge is 0.318 e. The largest absolute Gasteiger partial charge is 0.351 e. The van der Waals surface area contributed by atoms with Crippen LogP contribution in [0.5, 0.6) is 0 Å². The van der Waals surface area contributed by atoms with Crippen LogP contribution in [0.3, 0.4) is 0 Å². The number of rotatable bonds is 3. The summed E-state index contributed by atoms with van der Waals surface area (Å²) in [6, 6.07) is -0.381. The summed E-state index contributed by atoms with van der Waals surface area (Å²) >= 11 is 0. The van der Waals surface area contributed by atoms with Crippen molar-refractivity contribution in [3.63, 3.8) is 0 Å². The van der Waals surface area contributed by atoms with Crippen molar-refractivity contribution in [2.24, 2.45) is 5.73 Å². The van der Waals surface area contributed by atoms with Crippen molar-refractivity contribution in [2.75, 3.05) is 6.54 Å². The summed E-state index contributed by atoms with van der Waals surface area (Å²) < 4.78 is 0. The predicted molar refractivity (Wildman–Crippen MR) is 57.2 cm³/mol. The lowest BCUT2D eigenvalue weighted by atomic mass is 10.1. The molecule has 0 aromatic carbocycles. The molecule has 0 aliphatic heterocycles. The lowest BCUT2D eigenvalue weighted by Gasteiger charge is -2.15.